The van der Waals surface area contributed by atoms with Crippen LogP contribution in [-0.2, 0) is 11.2 Å². The number of nitrogens with two attached hydrogens (primary N) is 1. The van der Waals surface area contributed by atoms with Crippen LogP contribution in [0, 0.1) is 0 Å². The summed E-state index contributed by atoms with van der Waals surface area (Å²) in [5.41, 5.74) is 5.68. The molecule has 0 bridgehead atoms. The average molecular weight is 196 g/mol. The molecule has 0 saturated carbocycles. The number of ether oxygens (including phenoxy) is 1. The summed E-state index contributed by atoms with van der Waals surface area (Å²) in [6.07, 6.45) is 2.00. The van der Waals surface area contributed by atoms with E-state index in [-0.39, 0.29) is 13.2 Å². The topological polar surface area (TPSA) is 85.4 Å². The molecule has 0 atom stereocenters. The zero-order valence-corrected chi connectivity index (χ0v) is 7.64. The van der Waals surface area contributed by atoms with Crippen LogP contribution >= 0.6 is 0 Å². The first-order chi connectivity index (χ1) is 6.72. The number of amides is 1. The van der Waals surface area contributed by atoms with Crippen molar-refractivity contribution in [3.05, 3.63) is 24.0 Å². The summed E-state index contributed by atoms with van der Waals surface area (Å²) in [5, 5.41) is 8.63. The number of pyridine rings is 1. The van der Waals surface area contributed by atoms with E-state index in [2.05, 4.69) is 4.98 Å². The Morgan fingerprint density at radius 3 is 2.86 bits per heavy atom. The van der Waals surface area contributed by atoms with E-state index < -0.39 is 5.91 Å². The maximum Gasteiger partial charge on any atom is 0.255 e. The lowest BCUT2D eigenvalue weighted by atomic mass is 10.3. The first-order valence-electron chi connectivity index (χ1n) is 4.19. The molecular formula is C9H12N2O3. The molecule has 1 amide bonds. The third-order valence-electron chi connectivity index (χ3n) is 1.55. The quantitative estimate of drug-likeness (QED) is 0.663. The van der Waals surface area contributed by atoms with Gasteiger partial charge in [-0.1, -0.05) is 0 Å². The average Bonchev–Trinajstić information content (AvgIpc) is 2.17. The number of aliphatic hydroxyl groups is 1. The highest BCUT2D eigenvalue weighted by molar-refractivity contribution is 5.75. The molecule has 1 heterocycles. The van der Waals surface area contributed by atoms with Crippen LogP contribution in [0.3, 0.4) is 0 Å². The minimum Gasteiger partial charge on any atom is -0.482 e. The summed E-state index contributed by atoms with van der Waals surface area (Å²) in [6, 6.07) is 3.41. The van der Waals surface area contributed by atoms with Crippen LogP contribution in [0.25, 0.3) is 0 Å². The van der Waals surface area contributed by atoms with Gasteiger partial charge in [0.25, 0.3) is 5.91 Å². The van der Waals surface area contributed by atoms with Crippen LogP contribution in [0.4, 0.5) is 0 Å². The van der Waals surface area contributed by atoms with E-state index in [1.165, 1.54) is 6.20 Å². The highest BCUT2D eigenvalue weighted by Gasteiger charge is 1.98. The van der Waals surface area contributed by atoms with Crippen molar-refractivity contribution in [2.45, 2.75) is 6.42 Å². The summed E-state index contributed by atoms with van der Waals surface area (Å²) < 4.78 is 5.00. The largest absolute Gasteiger partial charge is 0.482 e. The maximum atomic E-state index is 10.4. The van der Waals surface area contributed by atoms with Gasteiger partial charge in [0.1, 0.15) is 5.75 Å². The van der Waals surface area contributed by atoms with Crippen molar-refractivity contribution in [2.75, 3.05) is 13.2 Å². The van der Waals surface area contributed by atoms with Gasteiger partial charge in [0.2, 0.25) is 0 Å². The second-order valence-corrected chi connectivity index (χ2v) is 2.71. The lowest BCUT2D eigenvalue weighted by Crippen LogP contribution is -2.20. The van der Waals surface area contributed by atoms with Crippen molar-refractivity contribution in [3.8, 4) is 5.75 Å². The molecule has 0 saturated heterocycles. The molecule has 0 radical (unpaired) electrons. The molecule has 3 N–H and O–H groups in total. The standard InChI is InChI=1S/C9H12N2O3/c10-9(13)6-14-8-2-1-7(3-4-12)11-5-8/h1-2,5,12H,3-4,6H2,(H2,10,13). The summed E-state index contributed by atoms with van der Waals surface area (Å²) >= 11 is 0. The van der Waals surface area contributed by atoms with Crippen LogP contribution in [0.15, 0.2) is 18.3 Å². The van der Waals surface area contributed by atoms with Crippen molar-refractivity contribution in [1.82, 2.24) is 4.98 Å². The third kappa shape index (κ3) is 3.40. The molecule has 14 heavy (non-hydrogen) atoms. The Labute approximate surface area is 81.5 Å². The lowest BCUT2D eigenvalue weighted by molar-refractivity contribution is -0.119. The Morgan fingerprint density at radius 1 is 1.57 bits per heavy atom. The third-order valence-corrected chi connectivity index (χ3v) is 1.55. The molecule has 0 unspecified atom stereocenters. The number of rotatable bonds is 5. The van der Waals surface area contributed by atoms with Gasteiger partial charge in [-0.2, -0.15) is 0 Å². The Hall–Kier alpha value is -1.62. The van der Waals surface area contributed by atoms with Crippen molar-refractivity contribution < 1.29 is 14.6 Å². The molecule has 0 fully saturated rings. The van der Waals surface area contributed by atoms with Crippen molar-refractivity contribution in [2.24, 2.45) is 5.73 Å². The Morgan fingerprint density at radius 2 is 2.36 bits per heavy atom. The van der Waals surface area contributed by atoms with Crippen molar-refractivity contribution in [3.63, 3.8) is 0 Å². The first kappa shape index (κ1) is 10.5. The van der Waals surface area contributed by atoms with Gasteiger partial charge in [-0.25, -0.2) is 0 Å². The molecule has 5 heteroatoms. The van der Waals surface area contributed by atoms with E-state index >= 15 is 0 Å². The number of primary amides is 1. The molecule has 1 aromatic heterocycles. The minimum atomic E-state index is -0.524. The Bertz CT molecular complexity index is 297. The predicted molar refractivity (Wildman–Crippen MR) is 49.7 cm³/mol. The van der Waals surface area contributed by atoms with E-state index in [1.807, 2.05) is 0 Å². The van der Waals surface area contributed by atoms with Crippen LogP contribution in [0.2, 0.25) is 0 Å². The van der Waals surface area contributed by atoms with E-state index in [1.54, 1.807) is 12.1 Å². The highest BCUT2D eigenvalue weighted by atomic mass is 16.5. The number of aliphatic hydroxyl groups excluding tert-OH is 1. The van der Waals surface area contributed by atoms with E-state index in [4.69, 9.17) is 15.6 Å². The van der Waals surface area contributed by atoms with Gasteiger partial charge in [0.05, 0.1) is 6.20 Å². The molecule has 0 spiro atoms. The summed E-state index contributed by atoms with van der Waals surface area (Å²) in [4.78, 5) is 14.4. The van der Waals surface area contributed by atoms with Crippen LogP contribution < -0.4 is 10.5 Å². The molecule has 5 nitrogen and oxygen atoms in total. The first-order valence-corrected chi connectivity index (χ1v) is 4.19. The van der Waals surface area contributed by atoms with E-state index in [0.29, 0.717) is 12.2 Å². The number of carbonyl (C=O) groups is 1. The fraction of sp³-hybridized carbons (Fsp3) is 0.333. The molecule has 1 rings (SSSR count). The molecular weight excluding hydrogens is 184 g/mol. The van der Waals surface area contributed by atoms with Crippen LogP contribution in [0.5, 0.6) is 5.75 Å². The SMILES string of the molecule is NC(=O)COc1ccc(CCO)nc1. The van der Waals surface area contributed by atoms with Crippen LogP contribution in [-0.4, -0.2) is 29.2 Å². The summed E-state index contributed by atoms with van der Waals surface area (Å²) in [5.74, 6) is -0.0325. The predicted octanol–water partition coefficient (Wildman–Crippen LogP) is -0.520. The van der Waals surface area contributed by atoms with Crippen molar-refractivity contribution in [1.29, 1.82) is 0 Å². The summed E-state index contributed by atoms with van der Waals surface area (Å²) in [6.45, 7) is -0.0878. The van der Waals surface area contributed by atoms with E-state index in [9.17, 15) is 4.79 Å². The van der Waals surface area contributed by atoms with Gasteiger partial charge in [0, 0.05) is 18.7 Å². The minimum absolute atomic E-state index is 0.0640. The van der Waals surface area contributed by atoms with Gasteiger partial charge in [-0.15, -0.1) is 0 Å². The Kier molecular flexibility index (Phi) is 3.87. The molecule has 0 aliphatic heterocycles. The number of aromatic nitrogens is 1. The zero-order chi connectivity index (χ0) is 10.4. The van der Waals surface area contributed by atoms with E-state index in [0.717, 1.165) is 5.69 Å². The van der Waals surface area contributed by atoms with Gasteiger partial charge in [-0.05, 0) is 12.1 Å². The summed E-state index contributed by atoms with van der Waals surface area (Å²) in [7, 11) is 0. The van der Waals surface area contributed by atoms with Crippen molar-refractivity contribution >= 4 is 5.91 Å². The molecule has 1 aromatic rings. The fourth-order valence-electron chi connectivity index (χ4n) is 0.913. The maximum absolute atomic E-state index is 10.4. The molecule has 76 valence electrons. The smallest absolute Gasteiger partial charge is 0.255 e. The normalized spacial score (nSPS) is 9.79. The Balaban J connectivity index is 2.50. The number of hydrogen-bond acceptors (Lipinski definition) is 4. The molecule has 0 aliphatic rings. The lowest BCUT2D eigenvalue weighted by Gasteiger charge is -2.03. The molecule has 0 aromatic carbocycles. The highest BCUT2D eigenvalue weighted by Crippen LogP contribution is 2.08. The van der Waals surface area contributed by atoms with Gasteiger partial charge in [-0.3, -0.25) is 9.78 Å². The number of nitrogens with zero attached hydrogens (tertiary/aromatic N) is 1. The number of hydrogen-bond donors (Lipinski definition) is 2. The number of carbonyl (C=O) groups excluding carboxylic acids is 1. The zero-order valence-electron chi connectivity index (χ0n) is 7.64. The van der Waals surface area contributed by atoms with Gasteiger partial charge >= 0.3 is 0 Å². The second-order valence-electron chi connectivity index (χ2n) is 2.71. The van der Waals surface area contributed by atoms with Gasteiger partial charge in [0.15, 0.2) is 6.61 Å². The van der Waals surface area contributed by atoms with Gasteiger partial charge < -0.3 is 15.6 Å². The molecule has 0 aliphatic carbocycles. The fourth-order valence-corrected chi connectivity index (χ4v) is 0.913. The monoisotopic (exact) mass is 196 g/mol. The second kappa shape index (κ2) is 5.18. The van der Waals surface area contributed by atoms with Crippen LogP contribution in [0.1, 0.15) is 5.69 Å².